The zero-order valence-corrected chi connectivity index (χ0v) is 10.1. The minimum absolute atomic E-state index is 0.0763. The van der Waals surface area contributed by atoms with Crippen molar-refractivity contribution in [2.75, 3.05) is 6.54 Å². The first kappa shape index (κ1) is 11.3. The van der Waals surface area contributed by atoms with Crippen LogP contribution in [0.5, 0.6) is 0 Å². The Morgan fingerprint density at radius 3 is 2.43 bits per heavy atom. The maximum Gasteiger partial charge on any atom is 0.0580 e. The van der Waals surface area contributed by atoms with Gasteiger partial charge in [-0.25, -0.2) is 0 Å². The van der Waals surface area contributed by atoms with Crippen LogP contribution in [-0.4, -0.2) is 6.54 Å². The van der Waals surface area contributed by atoms with Gasteiger partial charge in [-0.05, 0) is 31.5 Å². The average Bonchev–Trinajstić information content (AvgIpc) is 2.16. The Morgan fingerprint density at radius 2 is 1.93 bits per heavy atom. The number of terminal acetylenes is 1. The second kappa shape index (κ2) is 4.63. The number of benzene rings is 1. The molecule has 0 spiro atoms. The summed E-state index contributed by atoms with van der Waals surface area (Å²) in [4.78, 5) is 0. The van der Waals surface area contributed by atoms with Crippen LogP contribution in [0.25, 0.3) is 0 Å². The predicted molar refractivity (Wildman–Crippen MR) is 64.0 cm³/mol. The van der Waals surface area contributed by atoms with Gasteiger partial charge in [0.05, 0.1) is 6.54 Å². The molecule has 1 aromatic rings. The molecule has 0 radical (unpaired) electrons. The third-order valence-corrected chi connectivity index (χ3v) is 2.73. The van der Waals surface area contributed by atoms with Crippen molar-refractivity contribution in [2.24, 2.45) is 0 Å². The SMILES string of the molecule is C#CCNC(C)(C)c1ccc(Br)cc1. The fourth-order valence-corrected chi connectivity index (χ4v) is 1.50. The molecule has 0 aromatic heterocycles. The van der Waals surface area contributed by atoms with Crippen LogP contribution in [0.15, 0.2) is 28.7 Å². The Bertz CT molecular complexity index is 332. The highest BCUT2D eigenvalue weighted by Gasteiger charge is 2.18. The van der Waals surface area contributed by atoms with Crippen molar-refractivity contribution in [3.05, 3.63) is 34.3 Å². The first-order valence-corrected chi connectivity index (χ1v) is 5.30. The molecule has 0 bridgehead atoms. The van der Waals surface area contributed by atoms with E-state index in [1.807, 2.05) is 12.1 Å². The molecule has 0 aliphatic carbocycles. The topological polar surface area (TPSA) is 12.0 Å². The molecule has 0 aliphatic rings. The second-order valence-corrected chi connectivity index (χ2v) is 4.61. The van der Waals surface area contributed by atoms with E-state index in [-0.39, 0.29) is 5.54 Å². The zero-order chi connectivity index (χ0) is 10.6. The Labute approximate surface area is 94.0 Å². The van der Waals surface area contributed by atoms with Gasteiger partial charge in [-0.3, -0.25) is 5.32 Å². The lowest BCUT2D eigenvalue weighted by Gasteiger charge is -2.26. The largest absolute Gasteiger partial charge is 0.297 e. The van der Waals surface area contributed by atoms with Crippen molar-refractivity contribution in [3.8, 4) is 12.3 Å². The third kappa shape index (κ3) is 2.87. The van der Waals surface area contributed by atoms with Gasteiger partial charge in [-0.1, -0.05) is 34.0 Å². The van der Waals surface area contributed by atoms with Crippen LogP contribution >= 0.6 is 15.9 Å². The van der Waals surface area contributed by atoms with Crippen molar-refractivity contribution in [1.29, 1.82) is 0 Å². The van der Waals surface area contributed by atoms with Crippen molar-refractivity contribution < 1.29 is 0 Å². The maximum atomic E-state index is 5.22. The highest BCUT2D eigenvalue weighted by Crippen LogP contribution is 2.21. The van der Waals surface area contributed by atoms with Gasteiger partial charge in [-0.2, -0.15) is 0 Å². The molecule has 2 heteroatoms. The summed E-state index contributed by atoms with van der Waals surface area (Å²) in [5.41, 5.74) is 1.16. The van der Waals surface area contributed by atoms with Gasteiger partial charge in [-0.15, -0.1) is 6.42 Å². The van der Waals surface area contributed by atoms with E-state index in [9.17, 15) is 0 Å². The van der Waals surface area contributed by atoms with Crippen molar-refractivity contribution in [3.63, 3.8) is 0 Å². The van der Waals surface area contributed by atoms with Crippen LogP contribution in [0, 0.1) is 12.3 Å². The molecule has 0 aliphatic heterocycles. The standard InChI is InChI=1S/C12H14BrN/c1-4-9-14-12(2,3)10-5-7-11(13)8-6-10/h1,5-8,14H,9H2,2-3H3. The monoisotopic (exact) mass is 251 g/mol. The molecule has 0 amide bonds. The van der Waals surface area contributed by atoms with E-state index in [4.69, 9.17) is 6.42 Å². The molecule has 14 heavy (non-hydrogen) atoms. The molecule has 1 N–H and O–H groups in total. The number of nitrogens with one attached hydrogen (secondary N) is 1. The summed E-state index contributed by atoms with van der Waals surface area (Å²) in [6.07, 6.45) is 5.22. The van der Waals surface area contributed by atoms with Gasteiger partial charge in [0.25, 0.3) is 0 Å². The van der Waals surface area contributed by atoms with Crippen LogP contribution in [0.2, 0.25) is 0 Å². The summed E-state index contributed by atoms with van der Waals surface area (Å²) in [7, 11) is 0. The van der Waals surface area contributed by atoms with E-state index in [1.54, 1.807) is 0 Å². The number of halogens is 1. The molecule has 1 aromatic carbocycles. The molecule has 0 unspecified atom stereocenters. The van der Waals surface area contributed by atoms with Crippen LogP contribution in [0.4, 0.5) is 0 Å². The Balaban J connectivity index is 2.82. The highest BCUT2D eigenvalue weighted by atomic mass is 79.9. The molecule has 1 nitrogen and oxygen atoms in total. The number of hydrogen-bond donors (Lipinski definition) is 1. The molecule has 74 valence electrons. The fraction of sp³-hybridized carbons (Fsp3) is 0.333. The normalized spacial score (nSPS) is 11.0. The van der Waals surface area contributed by atoms with E-state index in [0.29, 0.717) is 6.54 Å². The van der Waals surface area contributed by atoms with Gasteiger partial charge in [0.1, 0.15) is 0 Å². The molecule has 0 atom stereocenters. The minimum atomic E-state index is -0.0763. The second-order valence-electron chi connectivity index (χ2n) is 3.69. The molecular formula is C12H14BrN. The lowest BCUT2D eigenvalue weighted by molar-refractivity contribution is 0.428. The molecule has 1 rings (SSSR count). The average molecular weight is 252 g/mol. The number of rotatable bonds is 3. The fourth-order valence-electron chi connectivity index (χ4n) is 1.24. The van der Waals surface area contributed by atoms with E-state index < -0.39 is 0 Å². The van der Waals surface area contributed by atoms with Crippen LogP contribution < -0.4 is 5.32 Å². The first-order chi connectivity index (χ1) is 6.56. The third-order valence-electron chi connectivity index (χ3n) is 2.20. The first-order valence-electron chi connectivity index (χ1n) is 4.51. The lowest BCUT2D eigenvalue weighted by atomic mass is 9.94. The lowest BCUT2D eigenvalue weighted by Crippen LogP contribution is -2.36. The van der Waals surface area contributed by atoms with Crippen LogP contribution in [-0.2, 0) is 5.54 Å². The highest BCUT2D eigenvalue weighted by molar-refractivity contribution is 9.10. The maximum absolute atomic E-state index is 5.22. The summed E-state index contributed by atoms with van der Waals surface area (Å²) >= 11 is 3.41. The van der Waals surface area contributed by atoms with Crippen LogP contribution in [0.3, 0.4) is 0 Å². The van der Waals surface area contributed by atoms with Gasteiger partial charge in [0.15, 0.2) is 0 Å². The van der Waals surface area contributed by atoms with Crippen molar-refractivity contribution in [2.45, 2.75) is 19.4 Å². The van der Waals surface area contributed by atoms with Gasteiger partial charge < -0.3 is 0 Å². The quantitative estimate of drug-likeness (QED) is 0.815. The molecule has 0 saturated heterocycles. The van der Waals surface area contributed by atoms with E-state index in [2.05, 4.69) is 53.1 Å². The van der Waals surface area contributed by atoms with E-state index in [1.165, 1.54) is 5.56 Å². The molecule has 0 heterocycles. The summed E-state index contributed by atoms with van der Waals surface area (Å²) in [5.74, 6) is 2.58. The zero-order valence-electron chi connectivity index (χ0n) is 8.47. The smallest absolute Gasteiger partial charge is 0.0580 e. The summed E-state index contributed by atoms with van der Waals surface area (Å²) in [6, 6.07) is 8.25. The van der Waals surface area contributed by atoms with Gasteiger partial charge in [0.2, 0.25) is 0 Å². The van der Waals surface area contributed by atoms with Gasteiger partial charge >= 0.3 is 0 Å². The molecule has 0 saturated carbocycles. The van der Waals surface area contributed by atoms with E-state index in [0.717, 1.165) is 4.47 Å². The van der Waals surface area contributed by atoms with Crippen LogP contribution in [0.1, 0.15) is 19.4 Å². The summed E-state index contributed by atoms with van der Waals surface area (Å²) in [6.45, 7) is 4.82. The molecule has 0 fully saturated rings. The summed E-state index contributed by atoms with van der Waals surface area (Å²) in [5, 5.41) is 3.29. The van der Waals surface area contributed by atoms with Crippen molar-refractivity contribution >= 4 is 15.9 Å². The Kier molecular flexibility index (Phi) is 3.74. The predicted octanol–water partition coefficient (Wildman–Crippen LogP) is 2.91. The Hall–Kier alpha value is -0.780. The Morgan fingerprint density at radius 1 is 1.36 bits per heavy atom. The van der Waals surface area contributed by atoms with E-state index >= 15 is 0 Å². The summed E-state index contributed by atoms with van der Waals surface area (Å²) < 4.78 is 1.09. The van der Waals surface area contributed by atoms with Crippen molar-refractivity contribution in [1.82, 2.24) is 5.32 Å². The minimum Gasteiger partial charge on any atom is -0.297 e. The number of hydrogen-bond acceptors (Lipinski definition) is 1. The molecular weight excluding hydrogens is 238 g/mol. The van der Waals surface area contributed by atoms with Gasteiger partial charge in [0, 0.05) is 10.0 Å².